The molecule has 2 atom stereocenters. The Morgan fingerprint density at radius 1 is 0.652 bits per heavy atom. The Balaban J connectivity index is 1.07. The van der Waals surface area contributed by atoms with Crippen LogP contribution in [-0.4, -0.2) is 35.2 Å². The number of furan rings is 1. The maximum atomic E-state index is 6.63. The predicted molar refractivity (Wildman–Crippen MR) is 179 cm³/mol. The minimum absolute atomic E-state index is 0.0490. The lowest BCUT2D eigenvalue weighted by Gasteiger charge is -2.20. The van der Waals surface area contributed by atoms with Gasteiger partial charge in [0.25, 0.3) is 0 Å². The lowest BCUT2D eigenvalue weighted by molar-refractivity contribution is 0.269. The van der Waals surface area contributed by atoms with Crippen molar-refractivity contribution in [1.29, 1.82) is 0 Å². The van der Waals surface area contributed by atoms with E-state index in [9.17, 15) is 0 Å². The highest BCUT2D eigenvalue weighted by atomic mass is 16.5. The number of benzene rings is 2. The summed E-state index contributed by atoms with van der Waals surface area (Å²) in [5, 5.41) is 4.14. The number of hydrogen-bond acceptors (Lipinski definition) is 6. The van der Waals surface area contributed by atoms with Crippen molar-refractivity contribution in [3.8, 4) is 11.4 Å². The Morgan fingerprint density at radius 2 is 1.39 bits per heavy atom. The largest absolute Gasteiger partial charge is 0.481 e. The van der Waals surface area contributed by atoms with Crippen molar-refractivity contribution in [2.45, 2.75) is 12.0 Å². The van der Waals surface area contributed by atoms with E-state index >= 15 is 0 Å². The van der Waals surface area contributed by atoms with E-state index in [0.29, 0.717) is 0 Å². The van der Waals surface area contributed by atoms with Crippen LogP contribution in [0.3, 0.4) is 0 Å². The van der Waals surface area contributed by atoms with Gasteiger partial charge >= 0.3 is 0 Å². The molecule has 8 heteroatoms. The molecule has 0 spiro atoms. The molecule has 8 heterocycles. The summed E-state index contributed by atoms with van der Waals surface area (Å²) in [5.74, 6) is 0.862. The molecule has 1 aliphatic heterocycles. The summed E-state index contributed by atoms with van der Waals surface area (Å²) in [6.07, 6.45) is 17.6. The van der Waals surface area contributed by atoms with Crippen LogP contribution >= 0.6 is 0 Å². The van der Waals surface area contributed by atoms with Gasteiger partial charge in [-0.15, -0.1) is 0 Å². The highest BCUT2D eigenvalue weighted by molar-refractivity contribution is 6.11. The first-order valence-corrected chi connectivity index (χ1v) is 15.3. The Kier molecular flexibility index (Phi) is 4.54. The lowest BCUT2D eigenvalue weighted by Crippen LogP contribution is -2.18. The number of pyridine rings is 4. The van der Waals surface area contributed by atoms with Gasteiger partial charge in [-0.1, -0.05) is 6.07 Å². The molecule has 0 amide bonds. The summed E-state index contributed by atoms with van der Waals surface area (Å²) in [5.41, 5.74) is 11.0. The van der Waals surface area contributed by atoms with Gasteiger partial charge in [-0.05, 0) is 78.9 Å². The van der Waals surface area contributed by atoms with E-state index in [0.717, 1.165) is 88.5 Å². The van der Waals surface area contributed by atoms with Gasteiger partial charge in [0.15, 0.2) is 11.3 Å². The molecule has 2 aromatic carbocycles. The zero-order valence-corrected chi connectivity index (χ0v) is 24.2. The average molecular weight is 595 g/mol. The fraction of sp³-hybridized carbons (Fsp3) is 0.0526. The maximum absolute atomic E-state index is 6.63. The molecule has 0 saturated carbocycles. The van der Waals surface area contributed by atoms with Crippen molar-refractivity contribution in [3.63, 3.8) is 0 Å². The third-order valence-corrected chi connectivity index (χ3v) is 9.54. The van der Waals surface area contributed by atoms with Crippen LogP contribution in [-0.2, 0) is 0 Å². The quantitative estimate of drug-likeness (QED) is 0.200. The Bertz CT molecular complexity index is 2710. The average Bonchev–Trinajstić information content (AvgIpc) is 3.85. The van der Waals surface area contributed by atoms with Gasteiger partial charge < -0.3 is 18.3 Å². The van der Waals surface area contributed by atoms with Crippen molar-refractivity contribution in [1.82, 2.24) is 29.1 Å². The SMILES string of the molecule is C1=CC2Oc3c(ccc4c3oc3ccc(-n5c6ccncc6c6ncccc65)cc34)C2C=C1n1c2ccncc2c2ncccc21. The second-order valence-corrected chi connectivity index (χ2v) is 11.9. The first-order valence-electron chi connectivity index (χ1n) is 15.3. The number of aromatic nitrogens is 6. The van der Waals surface area contributed by atoms with Crippen LogP contribution in [0.15, 0.2) is 127 Å². The minimum Gasteiger partial charge on any atom is -0.481 e. The summed E-state index contributed by atoms with van der Waals surface area (Å²) >= 11 is 0. The van der Waals surface area contributed by atoms with Crippen LogP contribution in [0.4, 0.5) is 0 Å². The van der Waals surface area contributed by atoms with Gasteiger partial charge in [-0.25, -0.2) is 0 Å². The van der Waals surface area contributed by atoms with Crippen molar-refractivity contribution in [2.24, 2.45) is 0 Å². The van der Waals surface area contributed by atoms with E-state index in [1.807, 2.05) is 55.4 Å². The molecule has 0 saturated heterocycles. The molecule has 7 aromatic heterocycles. The van der Waals surface area contributed by atoms with Crippen molar-refractivity contribution in [2.75, 3.05) is 0 Å². The zero-order valence-electron chi connectivity index (χ0n) is 24.2. The molecule has 0 bridgehead atoms. The standard InChI is InChI=1S/C38H22N6O2/c1-3-31-35(41-13-1)27-19-39-15-11-29(27)43(31)21-5-9-33-25(17-21)23-7-8-24-26-18-22(6-10-34(26)46-38(24)37(23)45-33)44-30-12-16-40-20-28(30)36-32(44)4-2-14-42-36/h1-20,25,33H. The number of ether oxygens (including phenoxy) is 1. The third kappa shape index (κ3) is 3.07. The van der Waals surface area contributed by atoms with Crippen LogP contribution in [0, 0.1) is 0 Å². The molecule has 9 aromatic rings. The van der Waals surface area contributed by atoms with Gasteiger partial charge in [0.05, 0.1) is 33.1 Å². The monoisotopic (exact) mass is 594 g/mol. The van der Waals surface area contributed by atoms with E-state index in [-0.39, 0.29) is 12.0 Å². The molecule has 46 heavy (non-hydrogen) atoms. The Labute approximate surface area is 260 Å². The number of hydrogen-bond donors (Lipinski definition) is 0. The molecule has 11 rings (SSSR count). The van der Waals surface area contributed by atoms with Crippen LogP contribution in [0.5, 0.6) is 5.75 Å². The molecule has 216 valence electrons. The van der Waals surface area contributed by atoms with Crippen molar-refractivity contribution >= 4 is 71.5 Å². The smallest absolute Gasteiger partial charge is 0.177 e. The summed E-state index contributed by atoms with van der Waals surface area (Å²) in [6.45, 7) is 0. The highest BCUT2D eigenvalue weighted by Crippen LogP contribution is 2.49. The molecule has 1 aliphatic carbocycles. The lowest BCUT2D eigenvalue weighted by atomic mass is 9.90. The van der Waals surface area contributed by atoms with Gasteiger partial charge in [0.1, 0.15) is 11.7 Å². The summed E-state index contributed by atoms with van der Waals surface area (Å²) in [4.78, 5) is 18.1. The Morgan fingerprint density at radius 3 is 2.17 bits per heavy atom. The second kappa shape index (κ2) is 8.67. The normalized spacial score (nSPS) is 17.3. The number of nitrogens with zero attached hydrogens (tertiary/aromatic N) is 6. The number of rotatable bonds is 2. The van der Waals surface area contributed by atoms with Crippen LogP contribution < -0.4 is 4.74 Å². The predicted octanol–water partition coefficient (Wildman–Crippen LogP) is 8.33. The van der Waals surface area contributed by atoms with Crippen LogP contribution in [0.25, 0.3) is 77.2 Å². The molecule has 0 fully saturated rings. The number of allylic oxidation sites excluding steroid dienone is 2. The minimum atomic E-state index is -0.111. The maximum Gasteiger partial charge on any atom is 0.177 e. The topological polar surface area (TPSA) is 83.8 Å². The van der Waals surface area contributed by atoms with Crippen LogP contribution in [0.2, 0.25) is 0 Å². The van der Waals surface area contributed by atoms with E-state index in [1.54, 1.807) is 0 Å². The van der Waals surface area contributed by atoms with Crippen LogP contribution in [0.1, 0.15) is 11.5 Å². The van der Waals surface area contributed by atoms with Gasteiger partial charge in [0.2, 0.25) is 0 Å². The van der Waals surface area contributed by atoms with E-state index in [2.05, 4.69) is 95.8 Å². The molecule has 2 unspecified atom stereocenters. The molecule has 8 nitrogen and oxygen atoms in total. The van der Waals surface area contributed by atoms with Gasteiger partial charge in [-0.3, -0.25) is 19.9 Å². The third-order valence-electron chi connectivity index (χ3n) is 9.54. The van der Waals surface area contributed by atoms with Gasteiger partial charge in [-0.2, -0.15) is 0 Å². The molecule has 2 aliphatic rings. The van der Waals surface area contributed by atoms with E-state index < -0.39 is 0 Å². The highest BCUT2D eigenvalue weighted by Gasteiger charge is 2.36. The van der Waals surface area contributed by atoms with Gasteiger partial charge in [0, 0.05) is 81.6 Å². The fourth-order valence-electron chi connectivity index (χ4n) is 7.57. The zero-order chi connectivity index (χ0) is 29.9. The Hall–Kier alpha value is -6.28. The number of fused-ring (bicyclic) bond motifs is 13. The molecule has 0 radical (unpaired) electrons. The summed E-state index contributed by atoms with van der Waals surface area (Å²) in [7, 11) is 0. The summed E-state index contributed by atoms with van der Waals surface area (Å²) < 4.78 is 17.7. The first-order chi connectivity index (χ1) is 22.8. The molecular formula is C38H22N6O2. The molecular weight excluding hydrogens is 572 g/mol. The van der Waals surface area contributed by atoms with E-state index in [1.165, 1.54) is 0 Å². The van der Waals surface area contributed by atoms with E-state index in [4.69, 9.17) is 9.15 Å². The summed E-state index contributed by atoms with van der Waals surface area (Å²) in [6, 6.07) is 23.0. The van der Waals surface area contributed by atoms with Crippen molar-refractivity contribution < 1.29 is 9.15 Å². The second-order valence-electron chi connectivity index (χ2n) is 11.9. The first kappa shape index (κ1) is 24.1. The molecule has 0 N–H and O–H groups in total. The fourth-order valence-corrected chi connectivity index (χ4v) is 7.57. The van der Waals surface area contributed by atoms with Crippen molar-refractivity contribution in [3.05, 3.63) is 128 Å².